The Morgan fingerprint density at radius 3 is 2.44 bits per heavy atom. The number of hydrogen-bond donors (Lipinski definition) is 0. The summed E-state index contributed by atoms with van der Waals surface area (Å²) in [4.78, 5) is 11.8. The van der Waals surface area contributed by atoms with E-state index in [4.69, 9.17) is 16.3 Å². The number of fused-ring (bicyclic) bond motifs is 1. The Kier molecular flexibility index (Phi) is 5.20. The average Bonchev–Trinajstić information content (AvgIpc) is 2.65. The normalized spacial score (nSPS) is 16.2. The standard InChI is InChI=1S/C20H16ClF3O3/c1-3-11-4-6-12(7-5-11)15-10-14(21)8-13-9-16(19(25)26-2)18(20(22,23)24)27-17(13)15/h4-10,18H,3H2,1-2H3. The molecule has 0 saturated heterocycles. The van der Waals surface area contributed by atoms with Crippen molar-refractivity contribution in [3.63, 3.8) is 0 Å². The van der Waals surface area contributed by atoms with Crippen molar-refractivity contribution in [1.82, 2.24) is 0 Å². The second-order valence-corrected chi connectivity index (χ2v) is 6.49. The summed E-state index contributed by atoms with van der Waals surface area (Å²) in [6, 6.07) is 10.4. The van der Waals surface area contributed by atoms with Gasteiger partial charge in [-0.1, -0.05) is 42.8 Å². The molecule has 0 N–H and O–H groups in total. The summed E-state index contributed by atoms with van der Waals surface area (Å²) in [6.07, 6.45) is -5.22. The van der Waals surface area contributed by atoms with Gasteiger partial charge in [-0.15, -0.1) is 0 Å². The first-order chi connectivity index (χ1) is 12.7. The number of halogens is 4. The third-order valence-electron chi connectivity index (χ3n) is 4.30. The Bertz CT molecular complexity index is 902. The van der Waals surface area contributed by atoms with Gasteiger partial charge in [0.15, 0.2) is 0 Å². The molecule has 0 amide bonds. The van der Waals surface area contributed by atoms with Crippen LogP contribution in [0, 0.1) is 0 Å². The van der Waals surface area contributed by atoms with Crippen molar-refractivity contribution >= 4 is 23.6 Å². The van der Waals surface area contributed by atoms with Crippen LogP contribution in [-0.2, 0) is 16.0 Å². The van der Waals surface area contributed by atoms with Crippen molar-refractivity contribution in [3.8, 4) is 16.9 Å². The molecular formula is C20H16ClF3O3. The van der Waals surface area contributed by atoms with Crippen molar-refractivity contribution in [1.29, 1.82) is 0 Å². The summed E-state index contributed by atoms with van der Waals surface area (Å²) in [7, 11) is 1.02. The van der Waals surface area contributed by atoms with Gasteiger partial charge in [-0.05, 0) is 35.8 Å². The zero-order chi connectivity index (χ0) is 19.8. The van der Waals surface area contributed by atoms with Crippen molar-refractivity contribution in [2.24, 2.45) is 0 Å². The molecule has 7 heteroatoms. The lowest BCUT2D eigenvalue weighted by Gasteiger charge is -2.29. The number of rotatable bonds is 3. The maximum Gasteiger partial charge on any atom is 0.430 e. The lowest BCUT2D eigenvalue weighted by Crippen LogP contribution is -2.40. The first-order valence-electron chi connectivity index (χ1n) is 8.20. The highest BCUT2D eigenvalue weighted by Gasteiger charge is 2.49. The molecule has 0 aromatic heterocycles. The highest BCUT2D eigenvalue weighted by Crippen LogP contribution is 2.44. The van der Waals surface area contributed by atoms with Crippen LogP contribution in [-0.4, -0.2) is 25.4 Å². The predicted octanol–water partition coefficient (Wildman–Crippen LogP) is 5.45. The molecule has 27 heavy (non-hydrogen) atoms. The molecule has 3 nitrogen and oxygen atoms in total. The molecule has 0 saturated carbocycles. The molecule has 0 bridgehead atoms. The third kappa shape index (κ3) is 3.81. The van der Waals surface area contributed by atoms with Crippen LogP contribution in [0.2, 0.25) is 5.02 Å². The van der Waals surface area contributed by atoms with Gasteiger partial charge in [0, 0.05) is 16.1 Å². The maximum absolute atomic E-state index is 13.5. The van der Waals surface area contributed by atoms with Crippen molar-refractivity contribution in [2.45, 2.75) is 25.6 Å². The minimum Gasteiger partial charge on any atom is -0.475 e. The molecular weight excluding hydrogens is 381 g/mol. The molecule has 1 heterocycles. The number of carbonyl (C=O) groups excluding carboxylic acids is 1. The van der Waals surface area contributed by atoms with Gasteiger partial charge in [0.1, 0.15) is 5.75 Å². The fourth-order valence-electron chi connectivity index (χ4n) is 2.94. The SMILES string of the molecule is CCc1ccc(-c2cc(Cl)cc3c2OC(C(F)(F)F)C(C(=O)OC)=C3)cc1. The van der Waals surface area contributed by atoms with E-state index >= 15 is 0 Å². The molecule has 1 aliphatic rings. The van der Waals surface area contributed by atoms with E-state index in [1.165, 1.54) is 6.07 Å². The molecule has 0 fully saturated rings. The van der Waals surface area contributed by atoms with E-state index in [1.807, 2.05) is 19.1 Å². The summed E-state index contributed by atoms with van der Waals surface area (Å²) in [6.45, 7) is 2.01. The number of carbonyl (C=O) groups is 1. The second-order valence-electron chi connectivity index (χ2n) is 6.05. The summed E-state index contributed by atoms with van der Waals surface area (Å²) >= 11 is 6.15. The van der Waals surface area contributed by atoms with Crippen molar-refractivity contribution in [3.05, 3.63) is 58.1 Å². The largest absolute Gasteiger partial charge is 0.475 e. The van der Waals surface area contributed by atoms with Crippen LogP contribution in [0.5, 0.6) is 5.75 Å². The zero-order valence-electron chi connectivity index (χ0n) is 14.6. The Morgan fingerprint density at radius 2 is 1.89 bits per heavy atom. The van der Waals surface area contributed by atoms with Crippen LogP contribution < -0.4 is 4.74 Å². The molecule has 1 unspecified atom stereocenters. The molecule has 0 radical (unpaired) electrons. The van der Waals surface area contributed by atoms with Crippen LogP contribution in [0.15, 0.2) is 42.0 Å². The highest BCUT2D eigenvalue weighted by atomic mass is 35.5. The first-order valence-corrected chi connectivity index (χ1v) is 8.58. The number of alkyl halides is 3. The molecule has 1 aliphatic heterocycles. The fourth-order valence-corrected chi connectivity index (χ4v) is 3.17. The van der Waals surface area contributed by atoms with Gasteiger partial charge in [-0.25, -0.2) is 4.79 Å². The number of hydrogen-bond acceptors (Lipinski definition) is 3. The lowest BCUT2D eigenvalue weighted by molar-refractivity contribution is -0.187. The van der Waals surface area contributed by atoms with Gasteiger partial charge in [0.2, 0.25) is 6.10 Å². The lowest BCUT2D eigenvalue weighted by atomic mass is 9.95. The van der Waals surface area contributed by atoms with Crippen LogP contribution in [0.25, 0.3) is 17.2 Å². The topological polar surface area (TPSA) is 35.5 Å². The van der Waals surface area contributed by atoms with E-state index < -0.39 is 23.8 Å². The Labute approximate surface area is 159 Å². The van der Waals surface area contributed by atoms with E-state index in [9.17, 15) is 18.0 Å². The summed E-state index contributed by atoms with van der Waals surface area (Å²) in [5.41, 5.74) is 1.86. The second kappa shape index (κ2) is 7.27. The van der Waals surface area contributed by atoms with Gasteiger partial charge in [0.05, 0.1) is 12.7 Å². The summed E-state index contributed by atoms with van der Waals surface area (Å²) in [5, 5.41) is 0.317. The predicted molar refractivity (Wildman–Crippen MR) is 96.7 cm³/mol. The van der Waals surface area contributed by atoms with E-state index in [0.717, 1.165) is 25.2 Å². The number of ether oxygens (including phenoxy) is 2. The number of benzene rings is 2. The minimum absolute atomic E-state index is 0.0265. The van der Waals surface area contributed by atoms with Crippen molar-refractivity contribution < 1.29 is 27.4 Å². The monoisotopic (exact) mass is 396 g/mol. The first kappa shape index (κ1) is 19.3. The number of esters is 1. The van der Waals surface area contributed by atoms with E-state index in [2.05, 4.69) is 4.74 Å². The van der Waals surface area contributed by atoms with Crippen molar-refractivity contribution in [2.75, 3.05) is 7.11 Å². The molecule has 3 rings (SSSR count). The van der Waals surface area contributed by atoms with E-state index in [0.29, 0.717) is 16.1 Å². The maximum atomic E-state index is 13.5. The average molecular weight is 397 g/mol. The summed E-state index contributed by atoms with van der Waals surface area (Å²) < 4.78 is 50.2. The molecule has 2 aromatic rings. The third-order valence-corrected chi connectivity index (χ3v) is 4.52. The zero-order valence-corrected chi connectivity index (χ0v) is 15.3. The van der Waals surface area contributed by atoms with Gasteiger partial charge in [-0.2, -0.15) is 13.2 Å². The minimum atomic E-state index is -4.78. The van der Waals surface area contributed by atoms with E-state index in [-0.39, 0.29) is 11.3 Å². The van der Waals surface area contributed by atoms with Gasteiger partial charge < -0.3 is 9.47 Å². The van der Waals surface area contributed by atoms with Crippen LogP contribution in [0.4, 0.5) is 13.2 Å². The van der Waals surface area contributed by atoms with E-state index in [1.54, 1.807) is 18.2 Å². The Hall–Kier alpha value is -2.47. The summed E-state index contributed by atoms with van der Waals surface area (Å²) in [5.74, 6) is -1.07. The quantitative estimate of drug-likeness (QED) is 0.647. The Balaban J connectivity index is 2.18. The molecule has 1 atom stereocenters. The molecule has 0 aliphatic carbocycles. The smallest absolute Gasteiger partial charge is 0.430 e. The molecule has 0 spiro atoms. The van der Waals surface area contributed by atoms with Gasteiger partial charge in [0.25, 0.3) is 0 Å². The molecule has 142 valence electrons. The molecule has 2 aromatic carbocycles. The van der Waals surface area contributed by atoms with Crippen LogP contribution in [0.3, 0.4) is 0 Å². The van der Waals surface area contributed by atoms with Gasteiger partial charge in [-0.3, -0.25) is 0 Å². The number of methoxy groups -OCH3 is 1. The van der Waals surface area contributed by atoms with Crippen LogP contribution >= 0.6 is 11.6 Å². The highest BCUT2D eigenvalue weighted by molar-refractivity contribution is 6.31. The van der Waals surface area contributed by atoms with Crippen LogP contribution in [0.1, 0.15) is 18.1 Å². The number of aryl methyl sites for hydroxylation is 1. The van der Waals surface area contributed by atoms with Gasteiger partial charge >= 0.3 is 12.1 Å². The Morgan fingerprint density at radius 1 is 1.22 bits per heavy atom. The fraction of sp³-hybridized carbons (Fsp3) is 0.250.